The maximum absolute atomic E-state index is 6.27. The zero-order valence-electron chi connectivity index (χ0n) is 12.8. The van der Waals surface area contributed by atoms with E-state index in [1.54, 1.807) is 14.2 Å². The van der Waals surface area contributed by atoms with Gasteiger partial charge in [-0.3, -0.25) is 0 Å². The molecule has 0 saturated heterocycles. The molecule has 0 aliphatic heterocycles. The normalized spacial score (nSPS) is 20.5. The van der Waals surface area contributed by atoms with Crippen molar-refractivity contribution in [2.24, 2.45) is 5.73 Å². The summed E-state index contributed by atoms with van der Waals surface area (Å²) in [5.41, 5.74) is 8.66. The lowest BCUT2D eigenvalue weighted by Crippen LogP contribution is -2.25. The van der Waals surface area contributed by atoms with Gasteiger partial charge in [0.15, 0.2) is 0 Å². The number of ether oxygens (including phenoxy) is 4. The summed E-state index contributed by atoms with van der Waals surface area (Å²) >= 11 is 0. The Morgan fingerprint density at radius 1 is 1.14 bits per heavy atom. The Hall–Kier alpha value is -1.14. The fraction of sp³-hybridized carbons (Fsp3) is 0.625. The second-order valence-corrected chi connectivity index (χ2v) is 5.16. The molecule has 118 valence electrons. The average Bonchev–Trinajstić information content (AvgIpc) is 2.82. The van der Waals surface area contributed by atoms with Crippen LogP contribution in [0.25, 0.3) is 0 Å². The minimum absolute atomic E-state index is 0.0473. The van der Waals surface area contributed by atoms with Crippen LogP contribution in [0, 0.1) is 0 Å². The minimum Gasteiger partial charge on any atom is -0.497 e. The van der Waals surface area contributed by atoms with E-state index in [9.17, 15) is 0 Å². The minimum atomic E-state index is -0.0792. The van der Waals surface area contributed by atoms with Gasteiger partial charge >= 0.3 is 0 Å². The van der Waals surface area contributed by atoms with Gasteiger partial charge in [-0.1, -0.05) is 6.07 Å². The molecule has 0 bridgehead atoms. The van der Waals surface area contributed by atoms with Gasteiger partial charge in [0.25, 0.3) is 0 Å². The van der Waals surface area contributed by atoms with E-state index in [0.29, 0.717) is 26.4 Å². The lowest BCUT2D eigenvalue weighted by Gasteiger charge is -2.17. The van der Waals surface area contributed by atoms with Crippen LogP contribution in [0.2, 0.25) is 0 Å². The van der Waals surface area contributed by atoms with Crippen LogP contribution in [0.3, 0.4) is 0 Å². The maximum atomic E-state index is 6.27. The number of benzene rings is 1. The van der Waals surface area contributed by atoms with Crippen LogP contribution >= 0.6 is 0 Å². The Morgan fingerprint density at radius 3 is 2.76 bits per heavy atom. The highest BCUT2D eigenvalue weighted by molar-refractivity contribution is 5.42. The van der Waals surface area contributed by atoms with Crippen LogP contribution in [0.4, 0.5) is 0 Å². The molecule has 0 spiro atoms. The zero-order valence-corrected chi connectivity index (χ0v) is 12.8. The van der Waals surface area contributed by atoms with E-state index in [1.807, 2.05) is 12.1 Å². The molecule has 5 heteroatoms. The standard InChI is InChI=1S/C16H25NO4/c1-18-8-9-20-6-3-7-21-15-10-12-4-5-13(19-2)11-14(12)16(15)17/h4-5,11,15-16H,3,6-10,17H2,1-2H3. The Balaban J connectivity index is 1.72. The molecule has 5 nitrogen and oxygen atoms in total. The predicted octanol–water partition coefficient (Wildman–Crippen LogP) is 1.69. The van der Waals surface area contributed by atoms with Gasteiger partial charge < -0.3 is 24.7 Å². The Labute approximate surface area is 126 Å². The summed E-state index contributed by atoms with van der Waals surface area (Å²) in [7, 11) is 3.33. The van der Waals surface area contributed by atoms with Gasteiger partial charge in [-0.05, 0) is 29.7 Å². The molecule has 1 aliphatic rings. The van der Waals surface area contributed by atoms with E-state index in [1.165, 1.54) is 5.56 Å². The van der Waals surface area contributed by atoms with E-state index in [0.717, 1.165) is 24.2 Å². The Bertz CT molecular complexity index is 438. The third kappa shape index (κ3) is 4.41. The van der Waals surface area contributed by atoms with Crippen molar-refractivity contribution in [1.82, 2.24) is 0 Å². The zero-order chi connectivity index (χ0) is 15.1. The highest BCUT2D eigenvalue weighted by Gasteiger charge is 2.30. The molecule has 0 aromatic heterocycles. The van der Waals surface area contributed by atoms with E-state index in [-0.39, 0.29) is 12.1 Å². The van der Waals surface area contributed by atoms with Gasteiger partial charge in [-0.15, -0.1) is 0 Å². The topological polar surface area (TPSA) is 62.9 Å². The monoisotopic (exact) mass is 295 g/mol. The molecule has 0 radical (unpaired) electrons. The van der Waals surface area contributed by atoms with Crippen molar-refractivity contribution in [3.8, 4) is 5.75 Å². The first kappa shape index (κ1) is 16.2. The van der Waals surface area contributed by atoms with E-state index < -0.39 is 0 Å². The van der Waals surface area contributed by atoms with Crippen LogP contribution in [-0.2, 0) is 20.6 Å². The first-order valence-electron chi connectivity index (χ1n) is 7.37. The van der Waals surface area contributed by atoms with Gasteiger partial charge in [0.2, 0.25) is 0 Å². The lowest BCUT2D eigenvalue weighted by molar-refractivity contribution is 0.0180. The predicted molar refractivity (Wildman–Crippen MR) is 80.7 cm³/mol. The van der Waals surface area contributed by atoms with E-state index in [2.05, 4.69) is 6.07 Å². The summed E-state index contributed by atoms with van der Waals surface area (Å²) in [5.74, 6) is 0.844. The maximum Gasteiger partial charge on any atom is 0.119 e. The van der Waals surface area contributed by atoms with Crippen LogP contribution in [0.1, 0.15) is 23.6 Å². The van der Waals surface area contributed by atoms with Gasteiger partial charge in [0, 0.05) is 26.7 Å². The molecule has 2 atom stereocenters. The van der Waals surface area contributed by atoms with Gasteiger partial charge in [-0.2, -0.15) is 0 Å². The molecule has 0 heterocycles. The summed E-state index contributed by atoms with van der Waals surface area (Å²) in [4.78, 5) is 0. The Morgan fingerprint density at radius 2 is 2.00 bits per heavy atom. The molecule has 1 aliphatic carbocycles. The van der Waals surface area contributed by atoms with Crippen molar-refractivity contribution in [3.05, 3.63) is 29.3 Å². The van der Waals surface area contributed by atoms with Gasteiger partial charge in [0.05, 0.1) is 32.5 Å². The molecule has 0 fully saturated rings. The van der Waals surface area contributed by atoms with Crippen LogP contribution in [-0.4, -0.2) is 46.8 Å². The summed E-state index contributed by atoms with van der Waals surface area (Å²) in [5, 5.41) is 0. The van der Waals surface area contributed by atoms with Crippen LogP contribution in [0.5, 0.6) is 5.75 Å². The first-order valence-corrected chi connectivity index (χ1v) is 7.37. The van der Waals surface area contributed by atoms with Crippen molar-refractivity contribution < 1.29 is 18.9 Å². The van der Waals surface area contributed by atoms with E-state index >= 15 is 0 Å². The van der Waals surface area contributed by atoms with Gasteiger partial charge in [0.1, 0.15) is 5.75 Å². The SMILES string of the molecule is COCCOCCCOC1Cc2ccc(OC)cc2C1N. The quantitative estimate of drug-likeness (QED) is 0.702. The second-order valence-electron chi connectivity index (χ2n) is 5.16. The van der Waals surface area contributed by atoms with Crippen LogP contribution < -0.4 is 10.5 Å². The fourth-order valence-electron chi connectivity index (χ4n) is 2.54. The highest BCUT2D eigenvalue weighted by Crippen LogP contribution is 2.34. The number of methoxy groups -OCH3 is 2. The number of hydrogen-bond donors (Lipinski definition) is 1. The molecule has 2 rings (SSSR count). The molecule has 2 N–H and O–H groups in total. The summed E-state index contributed by atoms with van der Waals surface area (Å²) in [6, 6.07) is 5.98. The van der Waals surface area contributed by atoms with Crippen molar-refractivity contribution in [2.45, 2.75) is 25.0 Å². The van der Waals surface area contributed by atoms with Gasteiger partial charge in [-0.25, -0.2) is 0 Å². The number of rotatable bonds is 9. The van der Waals surface area contributed by atoms with Crippen molar-refractivity contribution in [2.75, 3.05) is 40.6 Å². The lowest BCUT2D eigenvalue weighted by atomic mass is 10.1. The Kier molecular flexibility index (Phi) is 6.45. The van der Waals surface area contributed by atoms with Crippen molar-refractivity contribution in [1.29, 1.82) is 0 Å². The smallest absolute Gasteiger partial charge is 0.119 e. The first-order chi connectivity index (χ1) is 10.3. The summed E-state index contributed by atoms with van der Waals surface area (Å²) in [6.07, 6.45) is 1.78. The third-order valence-corrected chi connectivity index (χ3v) is 3.73. The van der Waals surface area contributed by atoms with Crippen molar-refractivity contribution in [3.63, 3.8) is 0 Å². The molecular weight excluding hydrogens is 270 g/mol. The molecule has 1 aromatic carbocycles. The third-order valence-electron chi connectivity index (χ3n) is 3.73. The molecule has 0 saturated carbocycles. The molecular formula is C16H25NO4. The largest absolute Gasteiger partial charge is 0.497 e. The molecule has 0 amide bonds. The fourth-order valence-corrected chi connectivity index (χ4v) is 2.54. The summed E-state index contributed by atoms with van der Waals surface area (Å²) < 4.78 is 21.5. The molecule has 1 aromatic rings. The number of nitrogens with two attached hydrogens (primary N) is 1. The second kappa shape index (κ2) is 8.34. The number of fused-ring (bicyclic) bond motifs is 1. The van der Waals surface area contributed by atoms with E-state index in [4.69, 9.17) is 24.7 Å². The molecule has 21 heavy (non-hydrogen) atoms. The van der Waals surface area contributed by atoms with Crippen molar-refractivity contribution >= 4 is 0 Å². The average molecular weight is 295 g/mol. The summed E-state index contributed by atoms with van der Waals surface area (Å²) in [6.45, 7) is 2.61. The highest BCUT2D eigenvalue weighted by atomic mass is 16.5. The van der Waals surface area contributed by atoms with Crippen LogP contribution in [0.15, 0.2) is 18.2 Å². The molecule has 2 unspecified atom stereocenters. The number of hydrogen-bond acceptors (Lipinski definition) is 5.